The molecule has 0 bridgehead atoms. The molecule has 0 unspecified atom stereocenters. The molecular formula is C15H20ClN3. The van der Waals surface area contributed by atoms with Gasteiger partial charge in [0.25, 0.3) is 0 Å². The van der Waals surface area contributed by atoms with Gasteiger partial charge in [-0.25, -0.2) is 0 Å². The zero-order valence-corrected chi connectivity index (χ0v) is 12.2. The summed E-state index contributed by atoms with van der Waals surface area (Å²) in [6, 6.07) is 8.20. The van der Waals surface area contributed by atoms with Crippen LogP contribution in [-0.2, 0) is 13.1 Å². The van der Waals surface area contributed by atoms with Crippen molar-refractivity contribution in [2.24, 2.45) is 0 Å². The number of halogens is 1. The van der Waals surface area contributed by atoms with Gasteiger partial charge in [0.1, 0.15) is 0 Å². The van der Waals surface area contributed by atoms with E-state index in [1.807, 2.05) is 29.9 Å². The minimum absolute atomic E-state index is 0.718. The maximum atomic E-state index is 6.27. The Balaban J connectivity index is 2.08. The van der Waals surface area contributed by atoms with Crippen molar-refractivity contribution in [1.29, 1.82) is 0 Å². The molecule has 0 fully saturated rings. The highest BCUT2D eigenvalue weighted by molar-refractivity contribution is 6.31. The Morgan fingerprint density at radius 1 is 1.32 bits per heavy atom. The van der Waals surface area contributed by atoms with Crippen molar-refractivity contribution in [2.75, 3.05) is 6.54 Å². The number of rotatable bonds is 6. The van der Waals surface area contributed by atoms with E-state index in [2.05, 4.69) is 29.5 Å². The SMILES string of the molecule is CCCNCc1ccnn1Cc1ccc(C)cc1Cl. The molecule has 1 aromatic heterocycles. The summed E-state index contributed by atoms with van der Waals surface area (Å²) in [6.45, 7) is 6.79. The monoisotopic (exact) mass is 277 g/mol. The average molecular weight is 278 g/mol. The van der Waals surface area contributed by atoms with Crippen LogP contribution in [-0.4, -0.2) is 16.3 Å². The fourth-order valence-corrected chi connectivity index (χ4v) is 2.28. The van der Waals surface area contributed by atoms with Crippen LogP contribution in [0.15, 0.2) is 30.5 Å². The smallest absolute Gasteiger partial charge is 0.0677 e. The molecule has 102 valence electrons. The third-order valence-corrected chi connectivity index (χ3v) is 3.42. The van der Waals surface area contributed by atoms with E-state index in [-0.39, 0.29) is 0 Å². The van der Waals surface area contributed by atoms with Crippen LogP contribution >= 0.6 is 11.6 Å². The third-order valence-electron chi connectivity index (χ3n) is 3.07. The Morgan fingerprint density at radius 2 is 2.16 bits per heavy atom. The number of aryl methyl sites for hydroxylation is 1. The standard InChI is InChI=1S/C15H20ClN3/c1-3-7-17-10-14-6-8-18-19(14)11-13-5-4-12(2)9-15(13)16/h4-6,8-9,17H,3,7,10-11H2,1-2H3. The van der Waals surface area contributed by atoms with Gasteiger partial charge in [0.15, 0.2) is 0 Å². The number of hydrogen-bond donors (Lipinski definition) is 1. The Kier molecular flexibility index (Phi) is 5.00. The van der Waals surface area contributed by atoms with E-state index >= 15 is 0 Å². The van der Waals surface area contributed by atoms with Gasteiger partial charge in [-0.1, -0.05) is 30.7 Å². The number of nitrogens with zero attached hydrogens (tertiary/aromatic N) is 2. The third kappa shape index (κ3) is 3.82. The Labute approximate surface area is 119 Å². The fourth-order valence-electron chi connectivity index (χ4n) is 1.99. The van der Waals surface area contributed by atoms with E-state index in [4.69, 9.17) is 11.6 Å². The normalized spacial score (nSPS) is 10.9. The highest BCUT2D eigenvalue weighted by Gasteiger charge is 2.06. The molecule has 1 heterocycles. The zero-order valence-electron chi connectivity index (χ0n) is 11.5. The van der Waals surface area contributed by atoms with Crippen LogP contribution in [0.4, 0.5) is 0 Å². The number of benzene rings is 1. The predicted molar refractivity (Wildman–Crippen MR) is 79.5 cm³/mol. The number of hydrogen-bond acceptors (Lipinski definition) is 2. The van der Waals surface area contributed by atoms with Crippen LogP contribution in [0.3, 0.4) is 0 Å². The van der Waals surface area contributed by atoms with Gasteiger partial charge < -0.3 is 5.32 Å². The molecule has 0 amide bonds. The second kappa shape index (κ2) is 6.73. The van der Waals surface area contributed by atoms with Gasteiger partial charge in [0.2, 0.25) is 0 Å². The molecule has 0 atom stereocenters. The van der Waals surface area contributed by atoms with Crippen LogP contribution in [0.1, 0.15) is 30.2 Å². The Bertz CT molecular complexity index is 534. The van der Waals surface area contributed by atoms with E-state index in [9.17, 15) is 0 Å². The maximum absolute atomic E-state index is 6.27. The molecular weight excluding hydrogens is 258 g/mol. The van der Waals surface area contributed by atoms with Crippen LogP contribution in [0.2, 0.25) is 5.02 Å². The highest BCUT2D eigenvalue weighted by Crippen LogP contribution is 2.19. The van der Waals surface area contributed by atoms with E-state index in [1.165, 1.54) is 11.3 Å². The number of aromatic nitrogens is 2. The van der Waals surface area contributed by atoms with Gasteiger partial charge in [-0.3, -0.25) is 4.68 Å². The summed E-state index contributed by atoms with van der Waals surface area (Å²) in [5, 5.41) is 8.57. The molecule has 0 aliphatic heterocycles. The van der Waals surface area contributed by atoms with E-state index in [0.717, 1.165) is 36.6 Å². The van der Waals surface area contributed by atoms with Crippen molar-refractivity contribution in [2.45, 2.75) is 33.4 Å². The lowest BCUT2D eigenvalue weighted by Gasteiger charge is -2.10. The summed E-state index contributed by atoms with van der Waals surface area (Å²) >= 11 is 6.27. The van der Waals surface area contributed by atoms with Crippen molar-refractivity contribution in [3.05, 3.63) is 52.3 Å². The summed E-state index contributed by atoms with van der Waals surface area (Å²) < 4.78 is 2.00. The molecule has 4 heteroatoms. The van der Waals surface area contributed by atoms with Crippen molar-refractivity contribution in [3.63, 3.8) is 0 Å². The van der Waals surface area contributed by atoms with Gasteiger partial charge in [-0.15, -0.1) is 0 Å². The van der Waals surface area contributed by atoms with Crippen LogP contribution < -0.4 is 5.32 Å². The molecule has 2 rings (SSSR count). The minimum Gasteiger partial charge on any atom is -0.311 e. The first-order chi connectivity index (χ1) is 9.20. The molecule has 0 spiro atoms. The quantitative estimate of drug-likeness (QED) is 0.820. The largest absolute Gasteiger partial charge is 0.311 e. The van der Waals surface area contributed by atoms with Gasteiger partial charge in [0.05, 0.1) is 12.2 Å². The summed E-state index contributed by atoms with van der Waals surface area (Å²) in [5.74, 6) is 0. The molecule has 2 aromatic rings. The first kappa shape index (κ1) is 14.1. The second-order valence-corrected chi connectivity index (χ2v) is 5.16. The van der Waals surface area contributed by atoms with Crippen LogP contribution in [0, 0.1) is 6.92 Å². The van der Waals surface area contributed by atoms with E-state index < -0.39 is 0 Å². The number of nitrogens with one attached hydrogen (secondary N) is 1. The topological polar surface area (TPSA) is 29.9 Å². The summed E-state index contributed by atoms with van der Waals surface area (Å²) in [5.41, 5.74) is 3.47. The molecule has 19 heavy (non-hydrogen) atoms. The van der Waals surface area contributed by atoms with Gasteiger partial charge in [-0.2, -0.15) is 5.10 Å². The lowest BCUT2D eigenvalue weighted by atomic mass is 10.1. The predicted octanol–water partition coefficient (Wildman–Crippen LogP) is 3.39. The van der Waals surface area contributed by atoms with E-state index in [0.29, 0.717) is 0 Å². The summed E-state index contributed by atoms with van der Waals surface area (Å²) in [6.07, 6.45) is 2.98. The molecule has 0 radical (unpaired) electrons. The van der Waals surface area contributed by atoms with Crippen molar-refractivity contribution in [1.82, 2.24) is 15.1 Å². The Hall–Kier alpha value is -1.32. The first-order valence-electron chi connectivity index (χ1n) is 6.67. The first-order valence-corrected chi connectivity index (χ1v) is 7.05. The molecule has 0 aliphatic rings. The fraction of sp³-hybridized carbons (Fsp3) is 0.400. The van der Waals surface area contributed by atoms with Crippen LogP contribution in [0.25, 0.3) is 0 Å². The van der Waals surface area contributed by atoms with Crippen LogP contribution in [0.5, 0.6) is 0 Å². The molecule has 1 N–H and O–H groups in total. The van der Waals surface area contributed by atoms with E-state index in [1.54, 1.807) is 0 Å². The zero-order chi connectivity index (χ0) is 13.7. The second-order valence-electron chi connectivity index (χ2n) is 4.75. The molecule has 0 aliphatic carbocycles. The summed E-state index contributed by atoms with van der Waals surface area (Å²) in [7, 11) is 0. The molecule has 3 nitrogen and oxygen atoms in total. The highest BCUT2D eigenvalue weighted by atomic mass is 35.5. The molecule has 1 aromatic carbocycles. The Morgan fingerprint density at radius 3 is 2.89 bits per heavy atom. The van der Waals surface area contributed by atoms with Crippen molar-refractivity contribution in [3.8, 4) is 0 Å². The lowest BCUT2D eigenvalue weighted by Crippen LogP contribution is -2.17. The summed E-state index contributed by atoms with van der Waals surface area (Å²) in [4.78, 5) is 0. The van der Waals surface area contributed by atoms with Gasteiger partial charge in [-0.05, 0) is 43.1 Å². The van der Waals surface area contributed by atoms with Gasteiger partial charge in [0, 0.05) is 17.8 Å². The molecule has 0 saturated carbocycles. The lowest BCUT2D eigenvalue weighted by molar-refractivity contribution is 0.592. The maximum Gasteiger partial charge on any atom is 0.0677 e. The van der Waals surface area contributed by atoms with Crippen molar-refractivity contribution >= 4 is 11.6 Å². The average Bonchev–Trinajstić information content (AvgIpc) is 2.81. The van der Waals surface area contributed by atoms with Gasteiger partial charge >= 0.3 is 0 Å². The molecule has 0 saturated heterocycles. The van der Waals surface area contributed by atoms with Crippen molar-refractivity contribution < 1.29 is 0 Å². The minimum atomic E-state index is 0.718.